The number of nitrogens with zero attached hydrogens (tertiary/aromatic N) is 1. The van der Waals surface area contributed by atoms with Crippen molar-refractivity contribution >= 4 is 22.9 Å². The molecule has 1 fully saturated rings. The number of rotatable bonds is 11. The summed E-state index contributed by atoms with van der Waals surface area (Å²) in [5, 5.41) is 12.5. The zero-order chi connectivity index (χ0) is 19.8. The predicted molar refractivity (Wildman–Crippen MR) is 118 cm³/mol. The van der Waals surface area contributed by atoms with Crippen molar-refractivity contribution in [3.8, 4) is 0 Å². The molecule has 0 spiro atoms. The molecule has 1 saturated heterocycles. The van der Waals surface area contributed by atoms with E-state index in [0.717, 1.165) is 49.8 Å². The van der Waals surface area contributed by atoms with Crippen LogP contribution in [-0.2, 0) is 11.2 Å². The molecule has 3 rings (SSSR count). The lowest BCUT2D eigenvalue weighted by molar-refractivity contribution is -0.117. The molecule has 1 aliphatic heterocycles. The van der Waals surface area contributed by atoms with Gasteiger partial charge < -0.3 is 10.0 Å². The Balaban J connectivity index is 1.55. The Morgan fingerprint density at radius 3 is 2.68 bits per heavy atom. The van der Waals surface area contributed by atoms with Gasteiger partial charge in [-0.2, -0.15) is 0 Å². The van der Waals surface area contributed by atoms with Gasteiger partial charge >= 0.3 is 0 Å². The maximum atomic E-state index is 12.5. The molecule has 4 heteroatoms. The fourth-order valence-corrected chi connectivity index (χ4v) is 4.88. The summed E-state index contributed by atoms with van der Waals surface area (Å²) < 4.78 is 0. The highest BCUT2D eigenvalue weighted by atomic mass is 32.1. The maximum absolute atomic E-state index is 12.5. The number of unbranched alkanes of at least 4 members (excludes halogenated alkanes) is 3. The number of thiophene rings is 1. The smallest absolute Gasteiger partial charge is 0.227 e. The maximum Gasteiger partial charge on any atom is 0.227 e. The molecule has 1 amide bonds. The van der Waals surface area contributed by atoms with Crippen LogP contribution >= 0.6 is 11.3 Å². The summed E-state index contributed by atoms with van der Waals surface area (Å²) in [5.74, 6) is 0.231. The molecule has 0 bridgehead atoms. The number of anilines is 1. The third-order valence-electron chi connectivity index (χ3n) is 5.75. The molecule has 1 N–H and O–H groups in total. The zero-order valence-corrected chi connectivity index (χ0v) is 17.8. The van der Waals surface area contributed by atoms with E-state index in [4.69, 9.17) is 0 Å². The fourth-order valence-electron chi connectivity index (χ4n) is 4.13. The van der Waals surface area contributed by atoms with E-state index in [9.17, 15) is 9.90 Å². The second-order valence-corrected chi connectivity index (χ2v) is 8.92. The van der Waals surface area contributed by atoms with Gasteiger partial charge in [0.15, 0.2) is 0 Å². The first-order valence-corrected chi connectivity index (χ1v) is 11.7. The van der Waals surface area contributed by atoms with Gasteiger partial charge in [0.2, 0.25) is 5.91 Å². The van der Waals surface area contributed by atoms with Crippen LogP contribution in [0.15, 0.2) is 41.8 Å². The Morgan fingerprint density at radius 2 is 1.96 bits per heavy atom. The number of aliphatic hydroxyl groups is 1. The lowest BCUT2D eigenvalue weighted by Crippen LogP contribution is -2.32. The molecule has 2 aromatic rings. The fraction of sp³-hybridized carbons (Fsp3) is 0.542. The number of hydrogen-bond acceptors (Lipinski definition) is 3. The van der Waals surface area contributed by atoms with Crippen LogP contribution < -0.4 is 4.90 Å². The summed E-state index contributed by atoms with van der Waals surface area (Å²) in [5.41, 5.74) is 1.94. The normalized spacial score (nSPS) is 18.0. The van der Waals surface area contributed by atoms with E-state index in [2.05, 4.69) is 24.4 Å². The molecule has 0 radical (unpaired) electrons. The van der Waals surface area contributed by atoms with Crippen molar-refractivity contribution in [2.24, 2.45) is 0 Å². The first-order chi connectivity index (χ1) is 13.7. The lowest BCUT2D eigenvalue weighted by Gasteiger charge is -2.25. The third-order valence-corrected chi connectivity index (χ3v) is 6.69. The number of benzene rings is 1. The van der Waals surface area contributed by atoms with Gasteiger partial charge in [-0.05, 0) is 61.2 Å². The van der Waals surface area contributed by atoms with E-state index in [0.29, 0.717) is 12.5 Å². The number of aliphatic hydroxyl groups excluding tert-OH is 1. The number of hydrogen-bond donors (Lipinski definition) is 1. The van der Waals surface area contributed by atoms with Crippen molar-refractivity contribution in [3.05, 3.63) is 52.2 Å². The molecule has 1 aliphatic rings. The van der Waals surface area contributed by atoms with Crippen molar-refractivity contribution in [2.45, 2.75) is 83.3 Å². The highest BCUT2D eigenvalue weighted by molar-refractivity contribution is 7.09. The zero-order valence-electron chi connectivity index (χ0n) is 17.0. The molecule has 2 atom stereocenters. The Morgan fingerprint density at radius 1 is 1.14 bits per heavy atom. The molecule has 0 saturated carbocycles. The Bertz CT molecular complexity index is 711. The summed E-state index contributed by atoms with van der Waals surface area (Å²) >= 11 is 1.81. The molecule has 3 nitrogen and oxygen atoms in total. The van der Waals surface area contributed by atoms with Crippen LogP contribution in [-0.4, -0.2) is 17.1 Å². The molecule has 28 heavy (non-hydrogen) atoms. The standard InChI is InChI=1S/C24H33NO2S/c1-2-3-4-5-11-23(26)19-12-14-21(15-13-19)25-20(16-17-24(25)27)8-6-9-22-10-7-18-28-22/h7,10,12-15,18,20,23,26H,2-6,8-9,11,16-17H2,1H3/t20-,23-/m0/s1. The van der Waals surface area contributed by atoms with Gasteiger partial charge in [0.1, 0.15) is 0 Å². The van der Waals surface area contributed by atoms with Crippen LogP contribution in [0.2, 0.25) is 0 Å². The molecular formula is C24H33NO2S. The van der Waals surface area contributed by atoms with E-state index in [1.165, 1.54) is 24.1 Å². The largest absolute Gasteiger partial charge is 0.388 e. The van der Waals surface area contributed by atoms with E-state index >= 15 is 0 Å². The SMILES string of the molecule is CCCCCC[C@H](O)c1ccc(N2C(=O)CC[C@@H]2CCCc2cccs2)cc1. The molecule has 1 aromatic carbocycles. The van der Waals surface area contributed by atoms with Crippen LogP contribution in [0.1, 0.15) is 81.3 Å². The van der Waals surface area contributed by atoms with Crippen molar-refractivity contribution in [1.82, 2.24) is 0 Å². The van der Waals surface area contributed by atoms with E-state index in [1.54, 1.807) is 0 Å². The van der Waals surface area contributed by atoms with E-state index in [1.807, 2.05) is 40.5 Å². The molecular weight excluding hydrogens is 366 g/mol. The minimum atomic E-state index is -0.401. The summed E-state index contributed by atoms with van der Waals surface area (Å²) in [7, 11) is 0. The number of carbonyl (C=O) groups is 1. The minimum Gasteiger partial charge on any atom is -0.388 e. The number of aryl methyl sites for hydroxylation is 1. The van der Waals surface area contributed by atoms with E-state index < -0.39 is 6.10 Å². The van der Waals surface area contributed by atoms with Gasteiger partial charge in [0.25, 0.3) is 0 Å². The van der Waals surface area contributed by atoms with Crippen LogP contribution in [0, 0.1) is 0 Å². The lowest BCUT2D eigenvalue weighted by atomic mass is 10.0. The average molecular weight is 400 g/mol. The summed E-state index contributed by atoms with van der Waals surface area (Å²) in [6, 6.07) is 12.6. The van der Waals surface area contributed by atoms with Gasteiger partial charge in [-0.25, -0.2) is 0 Å². The highest BCUT2D eigenvalue weighted by Gasteiger charge is 2.31. The summed E-state index contributed by atoms with van der Waals surface area (Å²) in [6.07, 6.45) is 9.95. The highest BCUT2D eigenvalue weighted by Crippen LogP contribution is 2.31. The second kappa shape index (κ2) is 10.8. The Labute approximate surface area is 173 Å². The van der Waals surface area contributed by atoms with Crippen LogP contribution in [0.3, 0.4) is 0 Å². The minimum absolute atomic E-state index is 0.231. The van der Waals surface area contributed by atoms with E-state index in [-0.39, 0.29) is 5.91 Å². The van der Waals surface area contributed by atoms with Crippen molar-refractivity contribution < 1.29 is 9.90 Å². The molecule has 1 aromatic heterocycles. The monoisotopic (exact) mass is 399 g/mol. The number of carbonyl (C=O) groups excluding carboxylic acids is 1. The van der Waals surface area contributed by atoms with Gasteiger partial charge in [0, 0.05) is 23.0 Å². The molecule has 152 valence electrons. The topological polar surface area (TPSA) is 40.5 Å². The van der Waals surface area contributed by atoms with Crippen LogP contribution in [0.4, 0.5) is 5.69 Å². The predicted octanol–water partition coefficient (Wildman–Crippen LogP) is 6.27. The van der Waals surface area contributed by atoms with Gasteiger partial charge in [0.05, 0.1) is 6.10 Å². The first kappa shape index (κ1) is 21.1. The molecule has 0 unspecified atom stereocenters. The third kappa shape index (κ3) is 5.68. The molecule has 2 heterocycles. The Kier molecular flexibility index (Phi) is 8.11. The van der Waals surface area contributed by atoms with Gasteiger partial charge in [-0.1, -0.05) is 50.8 Å². The van der Waals surface area contributed by atoms with Gasteiger partial charge in [-0.3, -0.25) is 4.79 Å². The van der Waals surface area contributed by atoms with Gasteiger partial charge in [-0.15, -0.1) is 11.3 Å². The molecule has 0 aliphatic carbocycles. The quantitative estimate of drug-likeness (QED) is 0.452. The van der Waals surface area contributed by atoms with Crippen molar-refractivity contribution in [2.75, 3.05) is 4.90 Å². The average Bonchev–Trinajstić information content (AvgIpc) is 3.35. The summed E-state index contributed by atoms with van der Waals surface area (Å²) in [6.45, 7) is 2.20. The number of amides is 1. The van der Waals surface area contributed by atoms with Crippen molar-refractivity contribution in [3.63, 3.8) is 0 Å². The Hall–Kier alpha value is -1.65. The van der Waals surface area contributed by atoms with Crippen LogP contribution in [0.25, 0.3) is 0 Å². The van der Waals surface area contributed by atoms with Crippen molar-refractivity contribution in [1.29, 1.82) is 0 Å². The van der Waals surface area contributed by atoms with Crippen LogP contribution in [0.5, 0.6) is 0 Å². The second-order valence-electron chi connectivity index (χ2n) is 7.88. The first-order valence-electron chi connectivity index (χ1n) is 10.8. The summed E-state index contributed by atoms with van der Waals surface area (Å²) in [4.78, 5) is 15.9.